The summed E-state index contributed by atoms with van der Waals surface area (Å²) in [5.74, 6) is -2.24. The molecule has 0 radical (unpaired) electrons. The number of carboxylic acids is 1. The molecule has 0 aliphatic heterocycles. The Balaban J connectivity index is 2.08. The van der Waals surface area contributed by atoms with Crippen LogP contribution in [-0.2, 0) is 5.41 Å². The number of hydrogen-bond acceptors (Lipinski definition) is 3. The monoisotopic (exact) mass is 339 g/mol. The summed E-state index contributed by atoms with van der Waals surface area (Å²) in [7, 11) is 0. The lowest BCUT2D eigenvalue weighted by molar-refractivity contribution is 0.0696. The van der Waals surface area contributed by atoms with Crippen LogP contribution in [0.15, 0.2) is 34.9 Å². The number of halogens is 2. The van der Waals surface area contributed by atoms with Gasteiger partial charge in [0.05, 0.1) is 5.56 Å². The van der Waals surface area contributed by atoms with Gasteiger partial charge in [-0.05, 0) is 17.7 Å². The highest BCUT2D eigenvalue weighted by molar-refractivity contribution is 6.31. The largest absolute Gasteiger partial charge is 0.478 e. The van der Waals surface area contributed by atoms with Crippen LogP contribution >= 0.6 is 11.6 Å². The normalized spacial score (nSPS) is 11.3. The number of aromatic carboxylic acids is 1. The molecule has 2 rings (SSSR count). The number of carbonyl (C=O) groups is 2. The van der Waals surface area contributed by atoms with Crippen LogP contribution in [0.3, 0.4) is 0 Å². The van der Waals surface area contributed by atoms with E-state index in [9.17, 15) is 14.0 Å². The van der Waals surface area contributed by atoms with Crippen LogP contribution in [0, 0.1) is 5.82 Å². The zero-order valence-corrected chi connectivity index (χ0v) is 13.3. The van der Waals surface area contributed by atoms with Crippen molar-refractivity contribution in [3.8, 4) is 0 Å². The quantitative estimate of drug-likeness (QED) is 0.874. The van der Waals surface area contributed by atoms with E-state index in [0.29, 0.717) is 5.56 Å². The molecule has 0 saturated heterocycles. The molecular formula is C16H15ClFNO4. The van der Waals surface area contributed by atoms with Gasteiger partial charge in [-0.3, -0.25) is 4.79 Å². The molecule has 0 fully saturated rings. The van der Waals surface area contributed by atoms with Gasteiger partial charge in [-0.2, -0.15) is 0 Å². The minimum Gasteiger partial charge on any atom is -0.478 e. The Kier molecular flexibility index (Phi) is 4.75. The van der Waals surface area contributed by atoms with Crippen LogP contribution in [0.4, 0.5) is 4.39 Å². The summed E-state index contributed by atoms with van der Waals surface area (Å²) >= 11 is 6.05. The fourth-order valence-electron chi connectivity index (χ4n) is 2.09. The molecule has 0 unspecified atom stereocenters. The van der Waals surface area contributed by atoms with Crippen LogP contribution in [0.5, 0.6) is 0 Å². The molecule has 0 bridgehead atoms. The minimum absolute atomic E-state index is 0.0941. The van der Waals surface area contributed by atoms with E-state index in [1.165, 1.54) is 12.1 Å². The zero-order valence-electron chi connectivity index (χ0n) is 12.5. The van der Waals surface area contributed by atoms with Gasteiger partial charge >= 0.3 is 5.97 Å². The summed E-state index contributed by atoms with van der Waals surface area (Å²) in [5, 5.41) is 11.7. The molecule has 0 aliphatic rings. The van der Waals surface area contributed by atoms with Crippen LogP contribution in [0.25, 0.3) is 0 Å². The average Bonchev–Trinajstić information content (AvgIpc) is 2.94. The van der Waals surface area contributed by atoms with Crippen LogP contribution in [0.1, 0.15) is 40.3 Å². The first kappa shape index (κ1) is 17.0. The molecule has 0 aliphatic carbocycles. The molecule has 23 heavy (non-hydrogen) atoms. The van der Waals surface area contributed by atoms with Crippen molar-refractivity contribution >= 4 is 23.5 Å². The maximum Gasteiger partial charge on any atom is 0.338 e. The Labute approximate surface area is 137 Å². The van der Waals surface area contributed by atoms with E-state index in [-0.39, 0.29) is 22.9 Å². The summed E-state index contributed by atoms with van der Waals surface area (Å²) < 4.78 is 18.1. The van der Waals surface area contributed by atoms with Gasteiger partial charge in [0.25, 0.3) is 5.91 Å². The predicted molar refractivity (Wildman–Crippen MR) is 82.4 cm³/mol. The molecular weight excluding hydrogens is 325 g/mol. The van der Waals surface area contributed by atoms with Crippen LogP contribution < -0.4 is 5.32 Å². The van der Waals surface area contributed by atoms with E-state index in [1.807, 2.05) is 13.8 Å². The van der Waals surface area contributed by atoms with Crippen LogP contribution in [0.2, 0.25) is 5.02 Å². The predicted octanol–water partition coefficient (Wildman–Crippen LogP) is 3.48. The molecule has 1 amide bonds. The number of rotatable bonds is 5. The van der Waals surface area contributed by atoms with Gasteiger partial charge in [-0.15, -0.1) is 0 Å². The number of benzene rings is 1. The smallest absolute Gasteiger partial charge is 0.338 e. The van der Waals surface area contributed by atoms with E-state index in [2.05, 4.69) is 5.32 Å². The zero-order chi connectivity index (χ0) is 17.2. The van der Waals surface area contributed by atoms with Crippen molar-refractivity contribution in [1.82, 2.24) is 5.32 Å². The Morgan fingerprint density at radius 2 is 2.04 bits per heavy atom. The average molecular weight is 340 g/mol. The third-order valence-electron chi connectivity index (χ3n) is 3.42. The fraction of sp³-hybridized carbons (Fsp3) is 0.250. The summed E-state index contributed by atoms with van der Waals surface area (Å²) in [6.45, 7) is 3.90. The number of furan rings is 1. The molecule has 1 heterocycles. The number of carboxylic acid groups (broad SMARTS) is 1. The number of carbonyl (C=O) groups excluding carboxylic acids is 1. The first-order valence-electron chi connectivity index (χ1n) is 6.76. The Hall–Kier alpha value is -2.34. The van der Waals surface area contributed by atoms with E-state index < -0.39 is 23.1 Å². The minimum atomic E-state index is -1.17. The Morgan fingerprint density at radius 1 is 1.35 bits per heavy atom. The van der Waals surface area contributed by atoms with Crippen molar-refractivity contribution in [2.45, 2.75) is 19.3 Å². The highest BCUT2D eigenvalue weighted by atomic mass is 35.5. The molecule has 7 heteroatoms. The maximum absolute atomic E-state index is 13.1. The second-order valence-corrected chi connectivity index (χ2v) is 6.10. The lowest BCUT2D eigenvalue weighted by atomic mass is 9.84. The van der Waals surface area contributed by atoms with Gasteiger partial charge in [0.1, 0.15) is 12.1 Å². The summed E-state index contributed by atoms with van der Waals surface area (Å²) in [5.41, 5.74) is 0.0328. The van der Waals surface area contributed by atoms with Crippen molar-refractivity contribution in [1.29, 1.82) is 0 Å². The number of hydrogen-bond donors (Lipinski definition) is 2. The molecule has 1 aromatic heterocycles. The second kappa shape index (κ2) is 6.42. The van der Waals surface area contributed by atoms with Gasteiger partial charge in [-0.25, -0.2) is 9.18 Å². The third kappa shape index (κ3) is 3.90. The Bertz CT molecular complexity index is 754. The lowest BCUT2D eigenvalue weighted by Crippen LogP contribution is -2.36. The second-order valence-electron chi connectivity index (χ2n) is 5.70. The molecule has 0 saturated carbocycles. The third-order valence-corrected chi connectivity index (χ3v) is 3.73. The summed E-state index contributed by atoms with van der Waals surface area (Å²) in [6, 6.07) is 5.23. The topological polar surface area (TPSA) is 79.5 Å². The molecule has 5 nitrogen and oxygen atoms in total. The standard InChI is InChI=1S/C16H15ClFNO4/c1-16(2,11-4-3-10(18)6-12(11)17)8-19-14(20)13-5-9(7-23-13)15(21)22/h3-7H,8H2,1-2H3,(H,19,20)(H,21,22). The van der Waals surface area contributed by atoms with E-state index in [0.717, 1.165) is 12.3 Å². The van der Waals surface area contributed by atoms with Gasteiger partial charge in [-0.1, -0.05) is 31.5 Å². The van der Waals surface area contributed by atoms with Crippen molar-refractivity contribution in [3.63, 3.8) is 0 Å². The van der Waals surface area contributed by atoms with Crippen molar-refractivity contribution in [3.05, 3.63) is 58.3 Å². The van der Waals surface area contributed by atoms with Crippen molar-refractivity contribution in [2.75, 3.05) is 6.54 Å². The fourth-order valence-corrected chi connectivity index (χ4v) is 2.51. The van der Waals surface area contributed by atoms with Gasteiger partial charge in [0.2, 0.25) is 0 Å². The van der Waals surface area contributed by atoms with E-state index in [4.69, 9.17) is 21.1 Å². The maximum atomic E-state index is 13.1. The van der Waals surface area contributed by atoms with Crippen molar-refractivity contribution < 1.29 is 23.5 Å². The summed E-state index contributed by atoms with van der Waals surface area (Å²) in [6.07, 6.45) is 0.999. The number of amides is 1. The van der Waals surface area contributed by atoms with Gasteiger partial charge in [0, 0.05) is 23.0 Å². The molecule has 2 N–H and O–H groups in total. The molecule has 0 atom stereocenters. The molecule has 0 spiro atoms. The highest BCUT2D eigenvalue weighted by Gasteiger charge is 2.25. The lowest BCUT2D eigenvalue weighted by Gasteiger charge is -2.26. The first-order chi connectivity index (χ1) is 10.7. The van der Waals surface area contributed by atoms with Gasteiger partial charge in [0.15, 0.2) is 5.76 Å². The Morgan fingerprint density at radius 3 is 2.61 bits per heavy atom. The SMILES string of the molecule is CC(C)(CNC(=O)c1cc(C(=O)O)co1)c1ccc(F)cc1Cl. The highest BCUT2D eigenvalue weighted by Crippen LogP contribution is 2.30. The van der Waals surface area contributed by atoms with E-state index >= 15 is 0 Å². The summed E-state index contributed by atoms with van der Waals surface area (Å²) in [4.78, 5) is 22.8. The molecule has 122 valence electrons. The first-order valence-corrected chi connectivity index (χ1v) is 7.14. The molecule has 1 aromatic carbocycles. The molecule has 2 aromatic rings. The van der Waals surface area contributed by atoms with Crippen LogP contribution in [-0.4, -0.2) is 23.5 Å². The van der Waals surface area contributed by atoms with Gasteiger partial charge < -0.3 is 14.8 Å². The number of nitrogens with one attached hydrogen (secondary N) is 1. The van der Waals surface area contributed by atoms with E-state index in [1.54, 1.807) is 6.07 Å². The van der Waals surface area contributed by atoms with Crippen molar-refractivity contribution in [2.24, 2.45) is 0 Å².